The summed E-state index contributed by atoms with van der Waals surface area (Å²) < 4.78 is 4.93. The summed E-state index contributed by atoms with van der Waals surface area (Å²) in [5.41, 5.74) is 1.05. The Morgan fingerprint density at radius 2 is 1.88 bits per heavy atom. The van der Waals surface area contributed by atoms with Gasteiger partial charge in [0.15, 0.2) is 0 Å². The van der Waals surface area contributed by atoms with Crippen LogP contribution in [0.2, 0.25) is 0 Å². The summed E-state index contributed by atoms with van der Waals surface area (Å²) in [4.78, 5) is 25.9. The van der Waals surface area contributed by atoms with E-state index in [0.29, 0.717) is 13.2 Å². The molecule has 2 N–H and O–H groups in total. The molecule has 0 aromatic heterocycles. The highest BCUT2D eigenvalue weighted by atomic mass is 16.5. The number of likely N-dealkylation sites (N-methyl/N-ethyl adjacent to an activating group) is 1. The van der Waals surface area contributed by atoms with Gasteiger partial charge in [-0.25, -0.2) is 0 Å². The molecule has 24 heavy (non-hydrogen) atoms. The Balaban J connectivity index is 2.39. The van der Waals surface area contributed by atoms with E-state index < -0.39 is 0 Å². The minimum absolute atomic E-state index is 0.0718. The normalized spacial score (nSPS) is 13.4. The van der Waals surface area contributed by atoms with Crippen LogP contribution in [0.5, 0.6) is 0 Å². The fourth-order valence-electron chi connectivity index (χ4n) is 2.22. The van der Waals surface area contributed by atoms with E-state index in [1.54, 1.807) is 26.0 Å². The van der Waals surface area contributed by atoms with Crippen LogP contribution in [0, 0.1) is 0 Å². The van der Waals surface area contributed by atoms with E-state index in [1.807, 2.05) is 37.3 Å². The Morgan fingerprint density at radius 1 is 1.21 bits per heavy atom. The molecule has 0 heterocycles. The standard InChI is InChI=1S/C18H29N3O3/c1-14(16-9-6-5-7-10-16)20-18(23)15(2)21(3)13-17(22)19-11-8-12-24-4/h5-7,9-10,14-15H,8,11-13H2,1-4H3,(H,19,22)(H,20,23). The zero-order valence-electron chi connectivity index (χ0n) is 15.0. The molecule has 1 rings (SSSR count). The second-order valence-electron chi connectivity index (χ2n) is 5.93. The average Bonchev–Trinajstić information content (AvgIpc) is 2.58. The summed E-state index contributed by atoms with van der Waals surface area (Å²) in [5, 5.41) is 5.80. The molecule has 134 valence electrons. The van der Waals surface area contributed by atoms with Crippen LogP contribution in [-0.4, -0.2) is 56.6 Å². The number of nitrogens with one attached hydrogen (secondary N) is 2. The van der Waals surface area contributed by atoms with Crippen LogP contribution >= 0.6 is 0 Å². The van der Waals surface area contributed by atoms with E-state index in [9.17, 15) is 9.59 Å². The molecule has 0 radical (unpaired) electrons. The minimum Gasteiger partial charge on any atom is -0.385 e. The van der Waals surface area contributed by atoms with Crippen molar-refractivity contribution >= 4 is 11.8 Å². The number of hydrogen-bond donors (Lipinski definition) is 2. The van der Waals surface area contributed by atoms with Crippen molar-refractivity contribution in [2.45, 2.75) is 32.4 Å². The first-order valence-corrected chi connectivity index (χ1v) is 8.27. The fraction of sp³-hybridized carbons (Fsp3) is 0.556. The number of carbonyl (C=O) groups is 2. The second-order valence-corrected chi connectivity index (χ2v) is 5.93. The van der Waals surface area contributed by atoms with Crippen molar-refractivity contribution in [1.82, 2.24) is 15.5 Å². The molecule has 0 aliphatic rings. The average molecular weight is 335 g/mol. The van der Waals surface area contributed by atoms with Gasteiger partial charge in [-0.3, -0.25) is 14.5 Å². The Hall–Kier alpha value is -1.92. The van der Waals surface area contributed by atoms with E-state index in [1.165, 1.54) is 0 Å². The minimum atomic E-state index is -0.388. The predicted molar refractivity (Wildman–Crippen MR) is 94.6 cm³/mol. The highest BCUT2D eigenvalue weighted by Crippen LogP contribution is 2.11. The second kappa shape index (κ2) is 10.8. The zero-order valence-corrected chi connectivity index (χ0v) is 15.0. The number of benzene rings is 1. The van der Waals surface area contributed by atoms with Gasteiger partial charge >= 0.3 is 0 Å². The zero-order chi connectivity index (χ0) is 17.9. The summed E-state index contributed by atoms with van der Waals surface area (Å²) in [6, 6.07) is 9.33. The molecule has 0 bridgehead atoms. The lowest BCUT2D eigenvalue weighted by atomic mass is 10.1. The quantitative estimate of drug-likeness (QED) is 0.633. The number of rotatable bonds is 10. The highest BCUT2D eigenvalue weighted by Gasteiger charge is 2.21. The van der Waals surface area contributed by atoms with E-state index >= 15 is 0 Å². The van der Waals surface area contributed by atoms with Crippen molar-refractivity contribution < 1.29 is 14.3 Å². The maximum absolute atomic E-state index is 12.3. The van der Waals surface area contributed by atoms with Crippen molar-refractivity contribution in [3.05, 3.63) is 35.9 Å². The number of methoxy groups -OCH3 is 1. The molecular weight excluding hydrogens is 306 g/mol. The molecule has 1 aromatic rings. The summed E-state index contributed by atoms with van der Waals surface area (Å²) in [6.07, 6.45) is 0.774. The summed E-state index contributed by atoms with van der Waals surface area (Å²) >= 11 is 0. The number of amides is 2. The molecule has 0 fully saturated rings. The highest BCUT2D eigenvalue weighted by molar-refractivity contribution is 5.83. The Labute approximate surface area is 144 Å². The summed E-state index contributed by atoms with van der Waals surface area (Å²) in [6.45, 7) is 5.12. The Morgan fingerprint density at radius 3 is 2.50 bits per heavy atom. The van der Waals surface area contributed by atoms with Gasteiger partial charge in [-0.15, -0.1) is 0 Å². The van der Waals surface area contributed by atoms with Crippen molar-refractivity contribution in [1.29, 1.82) is 0 Å². The lowest BCUT2D eigenvalue weighted by Gasteiger charge is -2.25. The van der Waals surface area contributed by atoms with Gasteiger partial charge in [-0.2, -0.15) is 0 Å². The molecular formula is C18H29N3O3. The van der Waals surface area contributed by atoms with Gasteiger partial charge in [0.05, 0.1) is 18.6 Å². The third kappa shape index (κ3) is 7.10. The van der Waals surface area contributed by atoms with Gasteiger partial charge in [-0.1, -0.05) is 30.3 Å². The molecule has 1 aromatic carbocycles. The molecule has 0 saturated carbocycles. The third-order valence-corrected chi connectivity index (χ3v) is 3.94. The monoisotopic (exact) mass is 335 g/mol. The molecule has 0 saturated heterocycles. The number of nitrogens with zero attached hydrogens (tertiary/aromatic N) is 1. The first kappa shape index (κ1) is 20.1. The number of carbonyl (C=O) groups excluding carboxylic acids is 2. The summed E-state index contributed by atoms with van der Waals surface area (Å²) in [5.74, 6) is -0.189. The van der Waals surface area contributed by atoms with Crippen LogP contribution in [0.1, 0.15) is 31.9 Å². The smallest absolute Gasteiger partial charge is 0.237 e. The van der Waals surface area contributed by atoms with Gasteiger partial charge in [0.1, 0.15) is 0 Å². The van der Waals surface area contributed by atoms with Crippen molar-refractivity contribution in [3.63, 3.8) is 0 Å². The molecule has 0 spiro atoms. The number of ether oxygens (including phenoxy) is 1. The Bertz CT molecular complexity index is 507. The fourth-order valence-corrected chi connectivity index (χ4v) is 2.22. The SMILES string of the molecule is COCCCNC(=O)CN(C)C(C)C(=O)NC(C)c1ccccc1. The van der Waals surface area contributed by atoms with Crippen LogP contribution in [-0.2, 0) is 14.3 Å². The van der Waals surface area contributed by atoms with Gasteiger partial charge < -0.3 is 15.4 Å². The molecule has 2 unspecified atom stereocenters. The largest absolute Gasteiger partial charge is 0.385 e. The molecule has 2 amide bonds. The van der Waals surface area contributed by atoms with E-state index in [-0.39, 0.29) is 30.4 Å². The first-order chi connectivity index (χ1) is 11.5. The van der Waals surface area contributed by atoms with Crippen LogP contribution in [0.3, 0.4) is 0 Å². The van der Waals surface area contributed by atoms with Crippen LogP contribution in [0.4, 0.5) is 0 Å². The third-order valence-electron chi connectivity index (χ3n) is 3.94. The van der Waals surface area contributed by atoms with Gasteiger partial charge in [-0.05, 0) is 32.9 Å². The molecule has 2 atom stereocenters. The molecule has 0 aliphatic heterocycles. The first-order valence-electron chi connectivity index (χ1n) is 8.27. The van der Waals surface area contributed by atoms with Gasteiger partial charge in [0.2, 0.25) is 11.8 Å². The molecule has 6 nitrogen and oxygen atoms in total. The summed E-state index contributed by atoms with van der Waals surface area (Å²) in [7, 11) is 3.40. The van der Waals surface area contributed by atoms with Crippen molar-refractivity contribution in [2.24, 2.45) is 0 Å². The van der Waals surface area contributed by atoms with Crippen molar-refractivity contribution in [2.75, 3.05) is 33.9 Å². The lowest BCUT2D eigenvalue weighted by molar-refractivity contribution is -0.128. The van der Waals surface area contributed by atoms with Crippen LogP contribution in [0.15, 0.2) is 30.3 Å². The van der Waals surface area contributed by atoms with E-state index in [0.717, 1.165) is 12.0 Å². The van der Waals surface area contributed by atoms with Crippen LogP contribution < -0.4 is 10.6 Å². The Kier molecular flexibility index (Phi) is 9.04. The molecule has 6 heteroatoms. The van der Waals surface area contributed by atoms with Crippen LogP contribution in [0.25, 0.3) is 0 Å². The van der Waals surface area contributed by atoms with Gasteiger partial charge in [0, 0.05) is 20.3 Å². The molecule has 0 aliphatic carbocycles. The van der Waals surface area contributed by atoms with Gasteiger partial charge in [0.25, 0.3) is 0 Å². The lowest BCUT2D eigenvalue weighted by Crippen LogP contribution is -2.47. The van der Waals surface area contributed by atoms with E-state index in [4.69, 9.17) is 4.74 Å². The predicted octanol–water partition coefficient (Wildman–Crippen LogP) is 1.34. The van der Waals surface area contributed by atoms with E-state index in [2.05, 4.69) is 10.6 Å². The topological polar surface area (TPSA) is 70.7 Å². The maximum Gasteiger partial charge on any atom is 0.237 e. The van der Waals surface area contributed by atoms with Crippen molar-refractivity contribution in [3.8, 4) is 0 Å². The number of hydrogen-bond acceptors (Lipinski definition) is 4. The maximum atomic E-state index is 12.3.